The lowest BCUT2D eigenvalue weighted by atomic mass is 9.92. The highest BCUT2D eigenvalue weighted by molar-refractivity contribution is 9.10. The Labute approximate surface area is 110 Å². The highest BCUT2D eigenvalue weighted by atomic mass is 79.9. The fourth-order valence-corrected chi connectivity index (χ4v) is 2.80. The fraction of sp³-hybridized carbons (Fsp3) is 0.300. The normalized spacial score (nSPS) is 24.1. The number of nitrogens with zero attached hydrogens (tertiary/aromatic N) is 1. The molecule has 1 aliphatic heterocycles. The van der Waals surface area contributed by atoms with E-state index in [0.717, 1.165) is 16.5 Å². The number of rotatable bonds is 1. The minimum Gasteiger partial charge on any atom is -0.464 e. The molecule has 0 bridgehead atoms. The number of benzene rings is 1. The lowest BCUT2D eigenvalue weighted by Gasteiger charge is -2.29. The molecule has 0 aromatic heterocycles. The van der Waals surface area contributed by atoms with E-state index in [-0.39, 0.29) is 6.61 Å². The lowest BCUT2D eigenvalue weighted by molar-refractivity contribution is 0.138. The van der Waals surface area contributed by atoms with Gasteiger partial charge in [0.2, 0.25) is 0 Å². The number of carbonyl (C=O) groups is 1. The quantitative estimate of drug-likeness (QED) is 0.636. The Balaban J connectivity index is 2.50. The van der Waals surface area contributed by atoms with E-state index in [1.807, 2.05) is 0 Å². The van der Waals surface area contributed by atoms with Crippen LogP contribution in [0.25, 0.3) is 0 Å². The second-order valence-electron chi connectivity index (χ2n) is 3.81. The van der Waals surface area contributed by atoms with E-state index < -0.39 is 17.4 Å². The summed E-state index contributed by atoms with van der Waals surface area (Å²) in [6.07, 6.45) is -1.16. The molecule has 4 nitrogen and oxygen atoms in total. The van der Waals surface area contributed by atoms with Gasteiger partial charge in [-0.05, 0) is 25.1 Å². The van der Waals surface area contributed by atoms with Crippen molar-refractivity contribution in [3.05, 3.63) is 34.1 Å². The van der Waals surface area contributed by atoms with Gasteiger partial charge in [-0.15, -0.1) is 0 Å². The summed E-state index contributed by atoms with van der Waals surface area (Å²) in [6, 6.07) is 4.43. The number of hydrogen-bond acceptors (Lipinski definition) is 3. The molecule has 2 rings (SSSR count). The van der Waals surface area contributed by atoms with Gasteiger partial charge in [0.15, 0.2) is 0 Å². The summed E-state index contributed by atoms with van der Waals surface area (Å²) in [4.78, 5) is 11.1. The van der Waals surface area contributed by atoms with Crippen molar-refractivity contribution >= 4 is 34.3 Å². The summed E-state index contributed by atoms with van der Waals surface area (Å²) in [5, 5.41) is 9.06. The average molecular weight is 322 g/mol. The number of carboxylic acid groups (broad SMARTS) is 1. The Morgan fingerprint density at radius 3 is 3.06 bits per heavy atom. The Kier molecular flexibility index (Phi) is 3.33. The van der Waals surface area contributed by atoms with Gasteiger partial charge in [-0.3, -0.25) is 4.18 Å². The standard InChI is InChI=1S/C10H9BrFNO3S/c1-10(5-16-17-13(10)9(14)15)7-4-6(11)2-3-8(7)12/h2-4H,5H2,1H3,(H,14,15). The van der Waals surface area contributed by atoms with Crippen molar-refractivity contribution in [3.8, 4) is 0 Å². The molecule has 7 heteroatoms. The van der Waals surface area contributed by atoms with Crippen LogP contribution in [0.1, 0.15) is 12.5 Å². The molecule has 0 spiro atoms. The van der Waals surface area contributed by atoms with Crippen LogP contribution in [0.4, 0.5) is 9.18 Å². The molecule has 17 heavy (non-hydrogen) atoms. The minimum atomic E-state index is -1.16. The van der Waals surface area contributed by atoms with Crippen molar-refractivity contribution < 1.29 is 18.5 Å². The third kappa shape index (κ3) is 2.14. The van der Waals surface area contributed by atoms with Crippen LogP contribution in [0.2, 0.25) is 0 Å². The molecule has 92 valence electrons. The van der Waals surface area contributed by atoms with Crippen molar-refractivity contribution in [2.75, 3.05) is 6.61 Å². The summed E-state index contributed by atoms with van der Waals surface area (Å²) in [5.74, 6) is -0.451. The lowest BCUT2D eigenvalue weighted by Crippen LogP contribution is -2.41. The molecule has 1 saturated heterocycles. The van der Waals surface area contributed by atoms with Gasteiger partial charge in [-0.1, -0.05) is 15.9 Å². The summed E-state index contributed by atoms with van der Waals surface area (Å²) in [5.41, 5.74) is -0.732. The van der Waals surface area contributed by atoms with Gasteiger partial charge in [-0.25, -0.2) is 13.5 Å². The third-order valence-electron chi connectivity index (χ3n) is 2.60. The Hall–Kier alpha value is -0.790. The molecule has 0 aliphatic carbocycles. The van der Waals surface area contributed by atoms with E-state index in [4.69, 9.17) is 9.29 Å². The third-order valence-corrected chi connectivity index (χ3v) is 4.02. The first-order valence-electron chi connectivity index (χ1n) is 4.73. The van der Waals surface area contributed by atoms with Gasteiger partial charge in [0, 0.05) is 10.0 Å². The molecule has 1 heterocycles. The van der Waals surface area contributed by atoms with Crippen molar-refractivity contribution in [2.45, 2.75) is 12.5 Å². The number of halogens is 2. The van der Waals surface area contributed by atoms with Crippen LogP contribution in [0, 0.1) is 5.82 Å². The Morgan fingerprint density at radius 1 is 1.71 bits per heavy atom. The molecule has 1 atom stereocenters. The predicted molar refractivity (Wildman–Crippen MR) is 64.9 cm³/mol. The second-order valence-corrected chi connectivity index (χ2v) is 5.48. The largest absolute Gasteiger partial charge is 0.464 e. The molecular formula is C10H9BrFNO3S. The van der Waals surface area contributed by atoms with E-state index in [1.54, 1.807) is 19.1 Å². The van der Waals surface area contributed by atoms with Crippen LogP contribution in [-0.2, 0) is 9.72 Å². The molecule has 1 unspecified atom stereocenters. The molecule has 0 radical (unpaired) electrons. The maximum atomic E-state index is 13.8. The van der Waals surface area contributed by atoms with Crippen molar-refractivity contribution in [1.82, 2.24) is 4.31 Å². The van der Waals surface area contributed by atoms with E-state index in [0.29, 0.717) is 10.0 Å². The van der Waals surface area contributed by atoms with Gasteiger partial charge in [-0.2, -0.15) is 0 Å². The maximum absolute atomic E-state index is 13.8. The van der Waals surface area contributed by atoms with E-state index >= 15 is 0 Å². The fourth-order valence-electron chi connectivity index (χ4n) is 1.68. The topological polar surface area (TPSA) is 49.8 Å². The van der Waals surface area contributed by atoms with Gasteiger partial charge < -0.3 is 5.11 Å². The van der Waals surface area contributed by atoms with Crippen LogP contribution >= 0.6 is 28.2 Å². The molecule has 1 aromatic rings. The monoisotopic (exact) mass is 321 g/mol. The molecule has 1 N–H and O–H groups in total. The molecule has 0 saturated carbocycles. The first-order valence-corrected chi connectivity index (χ1v) is 6.22. The van der Waals surface area contributed by atoms with E-state index in [9.17, 15) is 9.18 Å². The average Bonchev–Trinajstić information content (AvgIpc) is 2.65. The zero-order chi connectivity index (χ0) is 12.6. The van der Waals surface area contributed by atoms with Crippen molar-refractivity contribution in [1.29, 1.82) is 0 Å². The first-order chi connectivity index (χ1) is 7.95. The molecule has 1 aromatic carbocycles. The summed E-state index contributed by atoms with van der Waals surface area (Å²) < 4.78 is 20.6. The van der Waals surface area contributed by atoms with Crippen LogP contribution in [0.5, 0.6) is 0 Å². The van der Waals surface area contributed by atoms with Gasteiger partial charge in [0.25, 0.3) is 0 Å². The summed E-state index contributed by atoms with van der Waals surface area (Å²) in [7, 11) is 0. The zero-order valence-corrected chi connectivity index (χ0v) is 11.2. The summed E-state index contributed by atoms with van der Waals surface area (Å²) >= 11 is 3.96. The summed E-state index contributed by atoms with van der Waals surface area (Å²) in [6.45, 7) is 1.74. The Morgan fingerprint density at radius 2 is 2.41 bits per heavy atom. The molecule has 1 aliphatic rings. The van der Waals surface area contributed by atoms with Crippen LogP contribution in [0.15, 0.2) is 22.7 Å². The van der Waals surface area contributed by atoms with Crippen molar-refractivity contribution in [3.63, 3.8) is 0 Å². The van der Waals surface area contributed by atoms with Gasteiger partial charge >= 0.3 is 6.09 Å². The SMILES string of the molecule is CC1(c2cc(Br)ccc2F)COSN1C(=O)O. The smallest absolute Gasteiger partial charge is 0.420 e. The molecular weight excluding hydrogens is 313 g/mol. The highest BCUT2D eigenvalue weighted by Crippen LogP contribution is 2.42. The molecule has 1 fully saturated rings. The second kappa shape index (κ2) is 4.47. The zero-order valence-electron chi connectivity index (χ0n) is 8.81. The van der Waals surface area contributed by atoms with Crippen molar-refractivity contribution in [2.24, 2.45) is 0 Å². The number of amides is 1. The van der Waals surface area contributed by atoms with Gasteiger partial charge in [0.05, 0.1) is 6.61 Å². The first kappa shape index (κ1) is 12.7. The van der Waals surface area contributed by atoms with Crippen LogP contribution in [0.3, 0.4) is 0 Å². The highest BCUT2D eigenvalue weighted by Gasteiger charge is 2.45. The maximum Gasteiger partial charge on any atom is 0.420 e. The van der Waals surface area contributed by atoms with E-state index in [2.05, 4.69) is 15.9 Å². The Bertz CT molecular complexity index is 473. The molecule has 1 amide bonds. The predicted octanol–water partition coefficient (Wildman–Crippen LogP) is 3.38. The van der Waals surface area contributed by atoms with Crippen LogP contribution < -0.4 is 0 Å². The van der Waals surface area contributed by atoms with E-state index in [1.165, 1.54) is 6.07 Å². The van der Waals surface area contributed by atoms with Crippen LogP contribution in [-0.4, -0.2) is 22.1 Å². The minimum absolute atomic E-state index is 0.108. The number of hydrogen-bond donors (Lipinski definition) is 1. The van der Waals surface area contributed by atoms with Gasteiger partial charge in [0.1, 0.15) is 23.6 Å².